The summed E-state index contributed by atoms with van der Waals surface area (Å²) in [6.07, 6.45) is 4.87. The minimum Gasteiger partial charge on any atom is -0.496 e. The summed E-state index contributed by atoms with van der Waals surface area (Å²) in [6, 6.07) is 5.64. The summed E-state index contributed by atoms with van der Waals surface area (Å²) < 4.78 is 59.9. The van der Waals surface area contributed by atoms with Crippen molar-refractivity contribution >= 4 is 23.1 Å². The summed E-state index contributed by atoms with van der Waals surface area (Å²) in [7, 11) is 1.96. The second-order valence-corrected chi connectivity index (χ2v) is 8.80. The van der Waals surface area contributed by atoms with Gasteiger partial charge in [0.2, 0.25) is 0 Å². The Morgan fingerprint density at radius 2 is 1.84 bits per heavy atom. The van der Waals surface area contributed by atoms with Crippen LogP contribution in [0.1, 0.15) is 42.7 Å². The van der Waals surface area contributed by atoms with Crippen molar-refractivity contribution in [1.82, 2.24) is 9.29 Å². The van der Waals surface area contributed by atoms with Crippen LogP contribution in [-0.4, -0.2) is 34.6 Å². The Morgan fingerprint density at radius 3 is 2.50 bits per heavy atom. The molecule has 0 bridgehead atoms. The summed E-state index contributed by atoms with van der Waals surface area (Å²) in [4.78, 5) is 0.674. The number of methoxy groups -OCH3 is 1. The van der Waals surface area contributed by atoms with Crippen LogP contribution in [0.15, 0.2) is 41.4 Å². The van der Waals surface area contributed by atoms with E-state index in [1.807, 2.05) is 27.0 Å². The van der Waals surface area contributed by atoms with Crippen LogP contribution in [0.25, 0.3) is 12.2 Å². The maximum absolute atomic E-state index is 13.5. The zero-order valence-corrected chi connectivity index (χ0v) is 19.5. The maximum atomic E-state index is 13.5. The number of hydrogen-bond donors (Lipinski definition) is 1. The van der Waals surface area contributed by atoms with Crippen molar-refractivity contribution in [2.45, 2.75) is 50.2 Å². The van der Waals surface area contributed by atoms with E-state index >= 15 is 0 Å². The lowest BCUT2D eigenvalue weighted by atomic mass is 9.87. The van der Waals surface area contributed by atoms with E-state index in [0.29, 0.717) is 22.2 Å². The van der Waals surface area contributed by atoms with Crippen LogP contribution in [0, 0.1) is 5.92 Å². The first-order chi connectivity index (χ1) is 15.3. The molecule has 174 valence electrons. The Hall–Kier alpha value is -2.32. The SMILES string of the molecule is CC.CNC1CCc2c(S(=O)n3ccc4c3C=CC(C(F)(F)F)C=C4)ccc(OC)c2C1. The molecule has 2 aromatic rings. The van der Waals surface area contributed by atoms with Crippen LogP contribution < -0.4 is 10.1 Å². The number of hydrogen-bond acceptors (Lipinski definition) is 3. The van der Waals surface area contributed by atoms with E-state index in [0.717, 1.165) is 48.3 Å². The van der Waals surface area contributed by atoms with E-state index in [4.69, 9.17) is 4.74 Å². The molecule has 0 spiro atoms. The van der Waals surface area contributed by atoms with Crippen molar-refractivity contribution in [3.63, 3.8) is 0 Å². The number of rotatable bonds is 4. The number of benzene rings is 1. The molecule has 1 aromatic heterocycles. The van der Waals surface area contributed by atoms with Gasteiger partial charge in [-0.2, -0.15) is 13.2 Å². The largest absolute Gasteiger partial charge is 0.496 e. The summed E-state index contributed by atoms with van der Waals surface area (Å²) in [5, 5.41) is 3.29. The van der Waals surface area contributed by atoms with Crippen molar-refractivity contribution in [3.8, 4) is 5.75 Å². The molecule has 3 unspecified atom stereocenters. The fourth-order valence-corrected chi connectivity index (χ4v) is 5.45. The molecule has 8 heteroatoms. The standard InChI is InChI=1S/C22H23F3N2O2S.C2H6/c1-26-16-6-7-17-18(13-16)20(29-2)9-10-21(17)30(28)27-12-11-14-3-4-15(22(23,24)25)5-8-19(14)27;1-2/h3-5,8-12,15-16,26H,6-7,13H2,1-2H3;1-2H3. The first-order valence-electron chi connectivity index (χ1n) is 10.8. The Kier molecular flexibility index (Phi) is 7.67. The summed E-state index contributed by atoms with van der Waals surface area (Å²) in [5.41, 5.74) is 3.16. The molecule has 0 amide bonds. The van der Waals surface area contributed by atoms with Gasteiger partial charge in [0, 0.05) is 23.4 Å². The lowest BCUT2D eigenvalue weighted by molar-refractivity contribution is -0.148. The smallest absolute Gasteiger partial charge is 0.398 e. The van der Waals surface area contributed by atoms with Gasteiger partial charge < -0.3 is 10.1 Å². The second kappa shape index (κ2) is 10.1. The highest BCUT2D eigenvalue weighted by atomic mass is 32.2. The highest BCUT2D eigenvalue weighted by molar-refractivity contribution is 7.83. The first kappa shape index (κ1) is 24.3. The van der Waals surface area contributed by atoms with E-state index in [9.17, 15) is 17.4 Å². The molecule has 2 aliphatic rings. The lowest BCUT2D eigenvalue weighted by Gasteiger charge is -2.27. The van der Waals surface area contributed by atoms with Gasteiger partial charge in [0.15, 0.2) is 11.0 Å². The van der Waals surface area contributed by atoms with Crippen LogP contribution in [-0.2, 0) is 23.8 Å². The fraction of sp³-hybridized carbons (Fsp3) is 0.417. The molecule has 0 aliphatic heterocycles. The molecule has 1 N–H and O–H groups in total. The van der Waals surface area contributed by atoms with Crippen LogP contribution >= 0.6 is 0 Å². The molecule has 2 aliphatic carbocycles. The predicted octanol–water partition coefficient (Wildman–Crippen LogP) is 5.39. The monoisotopic (exact) mass is 466 g/mol. The van der Waals surface area contributed by atoms with E-state index in [2.05, 4.69) is 5.32 Å². The third kappa shape index (κ3) is 4.71. The molecular formula is C24H29F3N2O2S. The topological polar surface area (TPSA) is 43.3 Å². The number of allylic oxidation sites excluding steroid dienone is 2. The first-order valence-corrected chi connectivity index (χ1v) is 11.9. The van der Waals surface area contributed by atoms with Crippen molar-refractivity contribution in [2.24, 2.45) is 5.92 Å². The zero-order chi connectivity index (χ0) is 23.5. The van der Waals surface area contributed by atoms with Gasteiger partial charge in [0.05, 0.1) is 23.6 Å². The number of nitrogens with one attached hydrogen (secondary N) is 1. The molecule has 0 fully saturated rings. The molecule has 1 heterocycles. The van der Waals surface area contributed by atoms with E-state index in [-0.39, 0.29) is 0 Å². The summed E-state index contributed by atoms with van der Waals surface area (Å²) in [6.45, 7) is 4.00. The average Bonchev–Trinajstić information content (AvgIpc) is 3.07. The molecule has 0 saturated carbocycles. The molecule has 0 radical (unpaired) electrons. The summed E-state index contributed by atoms with van der Waals surface area (Å²) >= 11 is 0. The van der Waals surface area contributed by atoms with Gasteiger partial charge in [0.1, 0.15) is 5.75 Å². The normalized spacial score (nSPS) is 20.5. The van der Waals surface area contributed by atoms with Crippen molar-refractivity contribution in [3.05, 3.63) is 58.9 Å². The third-order valence-corrected chi connectivity index (χ3v) is 7.21. The van der Waals surface area contributed by atoms with Gasteiger partial charge in [-0.3, -0.25) is 3.97 Å². The molecule has 1 aromatic carbocycles. The number of halogens is 3. The van der Waals surface area contributed by atoms with E-state index in [1.54, 1.807) is 29.4 Å². The third-order valence-electron chi connectivity index (χ3n) is 5.78. The Balaban J connectivity index is 0.00000141. The van der Waals surface area contributed by atoms with Gasteiger partial charge in [-0.25, -0.2) is 4.21 Å². The number of aromatic nitrogens is 1. The van der Waals surface area contributed by atoms with Crippen LogP contribution in [0.5, 0.6) is 5.75 Å². The molecule has 4 rings (SSSR count). The Labute approximate surface area is 189 Å². The van der Waals surface area contributed by atoms with Crippen LogP contribution in [0.2, 0.25) is 0 Å². The number of fused-ring (bicyclic) bond motifs is 2. The number of alkyl halides is 3. The molecule has 4 nitrogen and oxygen atoms in total. The van der Waals surface area contributed by atoms with Gasteiger partial charge in [-0.05, 0) is 56.1 Å². The van der Waals surface area contributed by atoms with Crippen molar-refractivity contribution in [1.29, 1.82) is 0 Å². The maximum Gasteiger partial charge on any atom is 0.398 e. The lowest BCUT2D eigenvalue weighted by Crippen LogP contribution is -2.32. The Bertz CT molecular complexity index is 1040. The average molecular weight is 467 g/mol. The minimum absolute atomic E-state index is 0.324. The van der Waals surface area contributed by atoms with Gasteiger partial charge in [-0.15, -0.1) is 0 Å². The quantitative estimate of drug-likeness (QED) is 0.657. The number of ether oxygens (including phenoxy) is 1. The number of likely N-dealkylation sites (N-methyl/N-ethyl adjacent to an activating group) is 1. The van der Waals surface area contributed by atoms with Gasteiger partial charge in [0.25, 0.3) is 0 Å². The second-order valence-electron chi connectivity index (χ2n) is 7.47. The zero-order valence-electron chi connectivity index (χ0n) is 18.7. The molecule has 0 saturated heterocycles. The minimum atomic E-state index is -4.35. The van der Waals surface area contributed by atoms with Crippen molar-refractivity contribution < 1.29 is 22.1 Å². The Morgan fingerprint density at radius 1 is 1.12 bits per heavy atom. The van der Waals surface area contributed by atoms with E-state index in [1.165, 1.54) is 12.2 Å². The highest BCUT2D eigenvalue weighted by Gasteiger charge is 2.36. The summed E-state index contributed by atoms with van der Waals surface area (Å²) in [5.74, 6) is -0.883. The number of nitrogens with zero attached hydrogens (tertiary/aromatic N) is 1. The molecular weight excluding hydrogens is 437 g/mol. The van der Waals surface area contributed by atoms with Gasteiger partial charge >= 0.3 is 6.18 Å². The van der Waals surface area contributed by atoms with E-state index < -0.39 is 23.1 Å². The van der Waals surface area contributed by atoms with Crippen molar-refractivity contribution in [2.75, 3.05) is 14.2 Å². The van der Waals surface area contributed by atoms with Crippen LogP contribution in [0.4, 0.5) is 13.2 Å². The molecule has 3 atom stereocenters. The van der Waals surface area contributed by atoms with Crippen LogP contribution in [0.3, 0.4) is 0 Å². The van der Waals surface area contributed by atoms with Gasteiger partial charge in [-0.1, -0.05) is 32.1 Å². The fourth-order valence-electron chi connectivity index (χ4n) is 4.10. The molecule has 32 heavy (non-hydrogen) atoms. The highest BCUT2D eigenvalue weighted by Crippen LogP contribution is 2.36. The predicted molar refractivity (Wildman–Crippen MR) is 123 cm³/mol.